The Bertz CT molecular complexity index is 411. The maximum atomic E-state index is 12.4. The smallest absolute Gasteiger partial charge is 0.316 e. The number of rotatable bonds is 1. The van der Waals surface area contributed by atoms with E-state index in [0.29, 0.717) is 6.07 Å². The second-order valence-corrected chi connectivity index (χ2v) is 3.66. The molecular formula is C9H6ClF6N. The summed E-state index contributed by atoms with van der Waals surface area (Å²) in [6.45, 7) is 0. The lowest BCUT2D eigenvalue weighted by molar-refractivity contribution is -0.150. The van der Waals surface area contributed by atoms with Crippen LogP contribution in [0, 0.1) is 0 Å². The van der Waals surface area contributed by atoms with Crippen LogP contribution in [0.5, 0.6) is 0 Å². The predicted molar refractivity (Wildman–Crippen MR) is 49.4 cm³/mol. The molecule has 8 heteroatoms. The third-order valence-corrected chi connectivity index (χ3v) is 2.34. The number of nitrogens with two attached hydrogens (primary N) is 1. The van der Waals surface area contributed by atoms with E-state index in [2.05, 4.69) is 0 Å². The van der Waals surface area contributed by atoms with Crippen LogP contribution in [0.1, 0.15) is 17.2 Å². The van der Waals surface area contributed by atoms with Crippen molar-refractivity contribution in [2.75, 3.05) is 0 Å². The molecule has 0 spiro atoms. The zero-order chi connectivity index (χ0) is 13.4. The summed E-state index contributed by atoms with van der Waals surface area (Å²) >= 11 is 5.26. The first-order valence-electron chi connectivity index (χ1n) is 4.22. The minimum Gasteiger partial charge on any atom is -0.316 e. The second kappa shape index (κ2) is 4.38. The van der Waals surface area contributed by atoms with E-state index in [9.17, 15) is 26.3 Å². The largest absolute Gasteiger partial charge is 0.417 e. The molecule has 0 aliphatic rings. The number of alkyl halides is 6. The molecule has 0 heterocycles. The van der Waals surface area contributed by atoms with Crippen LogP contribution in [0.4, 0.5) is 26.3 Å². The van der Waals surface area contributed by atoms with E-state index in [1.165, 1.54) is 0 Å². The van der Waals surface area contributed by atoms with Crippen LogP contribution >= 0.6 is 11.6 Å². The highest BCUT2D eigenvalue weighted by molar-refractivity contribution is 6.31. The molecule has 17 heavy (non-hydrogen) atoms. The van der Waals surface area contributed by atoms with E-state index < -0.39 is 34.5 Å². The summed E-state index contributed by atoms with van der Waals surface area (Å²) in [5.74, 6) is 0. The van der Waals surface area contributed by atoms with Gasteiger partial charge >= 0.3 is 12.4 Å². The normalized spacial score (nSPS) is 14.8. The first-order valence-corrected chi connectivity index (χ1v) is 4.60. The first-order chi connectivity index (χ1) is 7.53. The van der Waals surface area contributed by atoms with Gasteiger partial charge in [-0.2, -0.15) is 26.3 Å². The Hall–Kier alpha value is -0.950. The van der Waals surface area contributed by atoms with Crippen molar-refractivity contribution in [3.8, 4) is 0 Å². The topological polar surface area (TPSA) is 26.0 Å². The fraction of sp³-hybridized carbons (Fsp3) is 0.333. The Morgan fingerprint density at radius 2 is 1.59 bits per heavy atom. The van der Waals surface area contributed by atoms with Crippen molar-refractivity contribution in [2.45, 2.75) is 18.4 Å². The number of hydrogen-bond donors (Lipinski definition) is 1. The SMILES string of the molecule is N[C@@H](c1ccc(Cl)c(C(F)(F)F)c1)C(F)(F)F. The van der Waals surface area contributed by atoms with Gasteiger partial charge in [0.2, 0.25) is 0 Å². The summed E-state index contributed by atoms with van der Waals surface area (Å²) in [5.41, 5.74) is 2.78. The molecule has 1 atom stereocenters. The molecule has 2 N–H and O–H groups in total. The van der Waals surface area contributed by atoms with Crippen LogP contribution in [0.15, 0.2) is 18.2 Å². The average Bonchev–Trinajstić information content (AvgIpc) is 2.14. The minimum absolute atomic E-state index is 0.306. The molecule has 0 radical (unpaired) electrons. The highest BCUT2D eigenvalue weighted by atomic mass is 35.5. The van der Waals surface area contributed by atoms with Crippen LogP contribution in [-0.2, 0) is 6.18 Å². The van der Waals surface area contributed by atoms with Gasteiger partial charge in [-0.25, -0.2) is 0 Å². The maximum absolute atomic E-state index is 12.4. The molecule has 0 aromatic heterocycles. The number of hydrogen-bond acceptors (Lipinski definition) is 1. The molecule has 96 valence electrons. The molecule has 0 saturated carbocycles. The third kappa shape index (κ3) is 3.26. The van der Waals surface area contributed by atoms with Gasteiger partial charge in [0, 0.05) is 0 Å². The zero-order valence-electron chi connectivity index (χ0n) is 8.03. The van der Waals surface area contributed by atoms with Crippen molar-refractivity contribution < 1.29 is 26.3 Å². The fourth-order valence-electron chi connectivity index (χ4n) is 1.14. The van der Waals surface area contributed by atoms with Crippen LogP contribution in [-0.4, -0.2) is 6.18 Å². The Labute approximate surface area is 97.2 Å². The molecule has 1 aromatic carbocycles. The minimum atomic E-state index is -4.82. The van der Waals surface area contributed by atoms with Gasteiger partial charge < -0.3 is 5.73 Å². The van der Waals surface area contributed by atoms with E-state index in [1.54, 1.807) is 0 Å². The Morgan fingerprint density at radius 3 is 2.00 bits per heavy atom. The summed E-state index contributed by atoms with van der Waals surface area (Å²) in [6.07, 6.45) is -9.63. The summed E-state index contributed by atoms with van der Waals surface area (Å²) in [6, 6.07) is -0.609. The molecule has 0 bridgehead atoms. The quantitative estimate of drug-likeness (QED) is 0.774. The molecular weight excluding hydrogens is 272 g/mol. The summed E-state index contributed by atoms with van der Waals surface area (Å²) in [4.78, 5) is 0. The molecule has 0 aliphatic carbocycles. The standard InChI is InChI=1S/C9H6ClF6N/c10-6-2-1-4(7(17)9(14,15)16)3-5(6)8(11,12)13/h1-3,7H,17H2/t7-/m0/s1. The lowest BCUT2D eigenvalue weighted by atomic mass is 10.0. The predicted octanol–water partition coefficient (Wildman–Crippen LogP) is 3.92. The molecule has 0 aliphatic heterocycles. The van der Waals surface area contributed by atoms with Crippen LogP contribution < -0.4 is 5.73 Å². The summed E-state index contributed by atoms with van der Waals surface area (Å²) in [5, 5.41) is -0.671. The summed E-state index contributed by atoms with van der Waals surface area (Å²) in [7, 11) is 0. The first kappa shape index (κ1) is 14.1. The van der Waals surface area contributed by atoms with Crippen LogP contribution in [0.2, 0.25) is 5.02 Å². The van der Waals surface area contributed by atoms with E-state index in [-0.39, 0.29) is 0 Å². The van der Waals surface area contributed by atoms with E-state index in [0.717, 1.165) is 12.1 Å². The molecule has 1 nitrogen and oxygen atoms in total. The Balaban J connectivity index is 3.23. The molecule has 0 amide bonds. The lowest BCUT2D eigenvalue weighted by Gasteiger charge is -2.18. The number of benzene rings is 1. The molecule has 0 saturated heterocycles. The van der Waals surface area contributed by atoms with Gasteiger partial charge in [-0.05, 0) is 17.7 Å². The van der Waals surface area contributed by atoms with E-state index in [1.807, 2.05) is 0 Å². The average molecular weight is 278 g/mol. The Kier molecular flexibility index (Phi) is 3.63. The number of halogens is 7. The van der Waals surface area contributed by atoms with Gasteiger partial charge in [0.25, 0.3) is 0 Å². The van der Waals surface area contributed by atoms with Gasteiger partial charge in [-0.15, -0.1) is 0 Å². The van der Waals surface area contributed by atoms with Crippen molar-refractivity contribution in [1.29, 1.82) is 0 Å². The zero-order valence-corrected chi connectivity index (χ0v) is 8.79. The van der Waals surface area contributed by atoms with Gasteiger partial charge in [0.05, 0.1) is 10.6 Å². The molecule has 1 rings (SSSR count). The van der Waals surface area contributed by atoms with Crippen molar-refractivity contribution in [3.63, 3.8) is 0 Å². The van der Waals surface area contributed by atoms with Crippen molar-refractivity contribution in [2.24, 2.45) is 5.73 Å². The van der Waals surface area contributed by atoms with Crippen molar-refractivity contribution >= 4 is 11.6 Å². The maximum Gasteiger partial charge on any atom is 0.417 e. The Morgan fingerprint density at radius 1 is 1.06 bits per heavy atom. The highest BCUT2D eigenvalue weighted by Gasteiger charge is 2.40. The van der Waals surface area contributed by atoms with Gasteiger partial charge in [-0.3, -0.25) is 0 Å². The van der Waals surface area contributed by atoms with Crippen LogP contribution in [0.25, 0.3) is 0 Å². The van der Waals surface area contributed by atoms with Gasteiger partial charge in [0.15, 0.2) is 0 Å². The van der Waals surface area contributed by atoms with E-state index >= 15 is 0 Å². The summed E-state index contributed by atoms with van der Waals surface area (Å²) < 4.78 is 73.8. The second-order valence-electron chi connectivity index (χ2n) is 3.26. The van der Waals surface area contributed by atoms with Crippen molar-refractivity contribution in [3.05, 3.63) is 34.3 Å². The molecule has 1 aromatic rings. The fourth-order valence-corrected chi connectivity index (χ4v) is 1.37. The van der Waals surface area contributed by atoms with Gasteiger partial charge in [-0.1, -0.05) is 17.7 Å². The van der Waals surface area contributed by atoms with E-state index in [4.69, 9.17) is 17.3 Å². The highest BCUT2D eigenvalue weighted by Crippen LogP contribution is 2.38. The van der Waals surface area contributed by atoms with Crippen LogP contribution in [0.3, 0.4) is 0 Å². The third-order valence-electron chi connectivity index (χ3n) is 2.01. The van der Waals surface area contributed by atoms with Crippen molar-refractivity contribution in [1.82, 2.24) is 0 Å². The monoisotopic (exact) mass is 277 g/mol. The molecule has 0 fully saturated rings. The van der Waals surface area contributed by atoms with Gasteiger partial charge in [0.1, 0.15) is 6.04 Å². The molecule has 0 unspecified atom stereocenters. The lowest BCUT2D eigenvalue weighted by Crippen LogP contribution is -2.28.